The Kier molecular flexibility index (Phi) is 4.87. The van der Waals surface area contributed by atoms with E-state index in [0.717, 1.165) is 13.1 Å². The average molecular weight is 260 g/mol. The molecule has 2 N–H and O–H groups in total. The zero-order chi connectivity index (χ0) is 13.7. The van der Waals surface area contributed by atoms with Crippen molar-refractivity contribution in [3.63, 3.8) is 0 Å². The fourth-order valence-corrected chi connectivity index (χ4v) is 3.17. The summed E-state index contributed by atoms with van der Waals surface area (Å²) < 4.78 is 0. The van der Waals surface area contributed by atoms with Crippen LogP contribution in [0.5, 0.6) is 0 Å². The van der Waals surface area contributed by atoms with Gasteiger partial charge >= 0.3 is 0 Å². The predicted molar refractivity (Wildman–Crippen MR) is 83.7 cm³/mol. The zero-order valence-electron chi connectivity index (χ0n) is 12.5. The molecule has 1 heterocycles. The van der Waals surface area contributed by atoms with Crippen LogP contribution in [0.2, 0.25) is 0 Å². The Hall–Kier alpha value is -1.02. The topological polar surface area (TPSA) is 29.3 Å². The van der Waals surface area contributed by atoms with E-state index in [2.05, 4.69) is 43.0 Å². The molecule has 2 rings (SSSR count). The molecule has 1 aromatic carbocycles. The SMILES string of the molecule is CCC(CC)(CN)CN1CCCCc2ccccc21. The summed E-state index contributed by atoms with van der Waals surface area (Å²) in [7, 11) is 0. The van der Waals surface area contributed by atoms with E-state index in [1.807, 2.05) is 0 Å². The minimum Gasteiger partial charge on any atom is -0.371 e. The highest BCUT2D eigenvalue weighted by Gasteiger charge is 2.28. The number of hydrogen-bond acceptors (Lipinski definition) is 2. The van der Waals surface area contributed by atoms with E-state index < -0.39 is 0 Å². The number of benzene rings is 1. The molecule has 1 aromatic rings. The van der Waals surface area contributed by atoms with Gasteiger partial charge in [0.25, 0.3) is 0 Å². The Morgan fingerprint density at radius 2 is 1.89 bits per heavy atom. The van der Waals surface area contributed by atoms with Gasteiger partial charge < -0.3 is 10.6 Å². The van der Waals surface area contributed by atoms with Gasteiger partial charge in [0.2, 0.25) is 0 Å². The lowest BCUT2D eigenvalue weighted by molar-refractivity contribution is 0.276. The molecular weight excluding hydrogens is 232 g/mol. The van der Waals surface area contributed by atoms with Gasteiger partial charge in [0.15, 0.2) is 0 Å². The van der Waals surface area contributed by atoms with Crippen molar-refractivity contribution in [2.75, 3.05) is 24.5 Å². The molecule has 0 radical (unpaired) electrons. The molecule has 0 spiro atoms. The van der Waals surface area contributed by atoms with Crippen LogP contribution in [0.25, 0.3) is 0 Å². The largest absolute Gasteiger partial charge is 0.371 e. The summed E-state index contributed by atoms with van der Waals surface area (Å²) >= 11 is 0. The van der Waals surface area contributed by atoms with Crippen molar-refractivity contribution in [1.29, 1.82) is 0 Å². The second kappa shape index (κ2) is 6.42. The molecule has 0 bridgehead atoms. The van der Waals surface area contributed by atoms with Gasteiger partial charge in [0.05, 0.1) is 0 Å². The first-order valence-corrected chi connectivity index (χ1v) is 7.77. The summed E-state index contributed by atoms with van der Waals surface area (Å²) in [6.07, 6.45) is 6.15. The number of nitrogens with two attached hydrogens (primary N) is 1. The fourth-order valence-electron chi connectivity index (χ4n) is 3.17. The lowest BCUT2D eigenvalue weighted by Gasteiger charge is -2.37. The zero-order valence-corrected chi connectivity index (χ0v) is 12.5. The highest BCUT2D eigenvalue weighted by Crippen LogP contribution is 2.32. The number of anilines is 1. The lowest BCUT2D eigenvalue weighted by atomic mass is 9.81. The van der Waals surface area contributed by atoms with E-state index in [0.29, 0.717) is 0 Å². The standard InChI is InChI=1S/C17H28N2/c1-3-17(4-2,13-18)14-19-12-8-7-10-15-9-5-6-11-16(15)19/h5-6,9,11H,3-4,7-8,10,12-14,18H2,1-2H3. The maximum absolute atomic E-state index is 6.08. The highest BCUT2D eigenvalue weighted by molar-refractivity contribution is 5.54. The molecule has 0 fully saturated rings. The first kappa shape index (κ1) is 14.4. The number of para-hydroxylation sites is 1. The molecule has 19 heavy (non-hydrogen) atoms. The summed E-state index contributed by atoms with van der Waals surface area (Å²) in [5.74, 6) is 0. The van der Waals surface area contributed by atoms with Crippen LogP contribution in [0.1, 0.15) is 45.1 Å². The van der Waals surface area contributed by atoms with Gasteiger partial charge in [-0.3, -0.25) is 0 Å². The molecule has 1 aliphatic rings. The third-order valence-corrected chi connectivity index (χ3v) is 4.92. The number of hydrogen-bond donors (Lipinski definition) is 1. The first-order chi connectivity index (χ1) is 9.24. The molecule has 106 valence electrons. The van der Waals surface area contributed by atoms with Gasteiger partial charge in [-0.15, -0.1) is 0 Å². The Morgan fingerprint density at radius 3 is 2.58 bits per heavy atom. The maximum atomic E-state index is 6.08. The van der Waals surface area contributed by atoms with E-state index >= 15 is 0 Å². The molecule has 0 atom stereocenters. The molecule has 0 saturated carbocycles. The van der Waals surface area contributed by atoms with E-state index in [4.69, 9.17) is 5.73 Å². The lowest BCUT2D eigenvalue weighted by Crippen LogP contribution is -2.42. The monoisotopic (exact) mass is 260 g/mol. The molecule has 2 heteroatoms. The van der Waals surface area contributed by atoms with E-state index in [-0.39, 0.29) is 5.41 Å². The summed E-state index contributed by atoms with van der Waals surface area (Å²) in [6.45, 7) is 7.63. The van der Waals surface area contributed by atoms with Gasteiger partial charge in [0, 0.05) is 18.8 Å². The molecule has 0 aromatic heterocycles. The average Bonchev–Trinajstić information content (AvgIpc) is 2.67. The van der Waals surface area contributed by atoms with Crippen molar-refractivity contribution >= 4 is 5.69 Å². The molecule has 1 aliphatic heterocycles. The van der Waals surface area contributed by atoms with Crippen LogP contribution in [0.15, 0.2) is 24.3 Å². The van der Waals surface area contributed by atoms with Gasteiger partial charge in [-0.2, -0.15) is 0 Å². The normalized spacial score (nSPS) is 16.1. The van der Waals surface area contributed by atoms with E-state index in [1.165, 1.54) is 49.9 Å². The summed E-state index contributed by atoms with van der Waals surface area (Å²) in [5, 5.41) is 0. The Morgan fingerprint density at radius 1 is 1.16 bits per heavy atom. The molecule has 0 amide bonds. The summed E-state index contributed by atoms with van der Waals surface area (Å²) in [4.78, 5) is 2.59. The van der Waals surface area contributed by atoms with Crippen LogP contribution in [-0.4, -0.2) is 19.6 Å². The summed E-state index contributed by atoms with van der Waals surface area (Å²) in [6, 6.07) is 8.90. The minimum atomic E-state index is 0.275. The quantitative estimate of drug-likeness (QED) is 0.876. The molecule has 0 aliphatic carbocycles. The van der Waals surface area contributed by atoms with Crippen molar-refractivity contribution in [2.45, 2.75) is 46.0 Å². The van der Waals surface area contributed by atoms with Gasteiger partial charge in [0.1, 0.15) is 0 Å². The third kappa shape index (κ3) is 3.11. The molecular formula is C17H28N2. The third-order valence-electron chi connectivity index (χ3n) is 4.92. The van der Waals surface area contributed by atoms with Crippen molar-refractivity contribution in [3.8, 4) is 0 Å². The number of aryl methyl sites for hydroxylation is 1. The molecule has 0 unspecified atom stereocenters. The van der Waals surface area contributed by atoms with Crippen LogP contribution in [0.4, 0.5) is 5.69 Å². The number of nitrogens with zero attached hydrogens (tertiary/aromatic N) is 1. The van der Waals surface area contributed by atoms with Gasteiger partial charge in [-0.25, -0.2) is 0 Å². The number of fused-ring (bicyclic) bond motifs is 1. The Balaban J connectivity index is 2.24. The Labute approximate surface area is 118 Å². The van der Waals surface area contributed by atoms with Crippen molar-refractivity contribution in [2.24, 2.45) is 11.1 Å². The van der Waals surface area contributed by atoms with Crippen LogP contribution >= 0.6 is 0 Å². The fraction of sp³-hybridized carbons (Fsp3) is 0.647. The minimum absolute atomic E-state index is 0.275. The summed E-state index contributed by atoms with van der Waals surface area (Å²) in [5.41, 5.74) is 9.31. The van der Waals surface area contributed by atoms with E-state index in [9.17, 15) is 0 Å². The number of rotatable bonds is 5. The van der Waals surface area contributed by atoms with Crippen LogP contribution in [0.3, 0.4) is 0 Å². The van der Waals surface area contributed by atoms with Crippen LogP contribution in [0, 0.1) is 5.41 Å². The Bertz CT molecular complexity index is 388. The van der Waals surface area contributed by atoms with Crippen molar-refractivity contribution in [1.82, 2.24) is 0 Å². The van der Waals surface area contributed by atoms with Crippen LogP contribution in [-0.2, 0) is 6.42 Å². The predicted octanol–water partition coefficient (Wildman–Crippen LogP) is 3.59. The van der Waals surface area contributed by atoms with Crippen molar-refractivity contribution < 1.29 is 0 Å². The molecule has 0 saturated heterocycles. The smallest absolute Gasteiger partial charge is 0.0398 e. The second-order valence-electron chi connectivity index (χ2n) is 5.92. The maximum Gasteiger partial charge on any atom is 0.0398 e. The second-order valence-corrected chi connectivity index (χ2v) is 5.92. The molecule has 2 nitrogen and oxygen atoms in total. The highest BCUT2D eigenvalue weighted by atomic mass is 15.1. The first-order valence-electron chi connectivity index (χ1n) is 7.77. The van der Waals surface area contributed by atoms with E-state index in [1.54, 1.807) is 0 Å². The van der Waals surface area contributed by atoms with Gasteiger partial charge in [-0.05, 0) is 55.7 Å². The van der Waals surface area contributed by atoms with Gasteiger partial charge in [-0.1, -0.05) is 32.0 Å². The van der Waals surface area contributed by atoms with Crippen molar-refractivity contribution in [3.05, 3.63) is 29.8 Å². The van der Waals surface area contributed by atoms with Crippen LogP contribution < -0.4 is 10.6 Å².